The van der Waals surface area contributed by atoms with Gasteiger partial charge in [0.15, 0.2) is 8.32 Å². The Labute approximate surface area is 303 Å². The van der Waals surface area contributed by atoms with Gasteiger partial charge in [-0.3, -0.25) is 15.0 Å². The number of anilines is 2. The van der Waals surface area contributed by atoms with Crippen LogP contribution in [0.4, 0.5) is 16.2 Å². The van der Waals surface area contributed by atoms with E-state index in [1.54, 1.807) is 0 Å². The predicted octanol–water partition coefficient (Wildman–Crippen LogP) is 9.15. The van der Waals surface area contributed by atoms with Crippen LogP contribution in [0.25, 0.3) is 21.9 Å². The molecule has 3 saturated heterocycles. The lowest BCUT2D eigenvalue weighted by Crippen LogP contribution is -2.48. The summed E-state index contributed by atoms with van der Waals surface area (Å²) in [6.45, 7) is 11.9. The number of epoxide rings is 1. The lowest BCUT2D eigenvalue weighted by molar-refractivity contribution is -0.116. The molecule has 8 nitrogen and oxygen atoms in total. The van der Waals surface area contributed by atoms with E-state index in [0.29, 0.717) is 49.4 Å². The lowest BCUT2D eigenvalue weighted by atomic mass is 9.98. The van der Waals surface area contributed by atoms with Crippen LogP contribution in [-0.2, 0) is 31.7 Å². The Kier molecular flexibility index (Phi) is 9.84. The minimum absolute atomic E-state index is 0.00994. The lowest BCUT2D eigenvalue weighted by Gasteiger charge is -2.37. The number of likely N-dealkylation sites (N-methyl/N-ethyl adjacent to an activating group) is 1. The van der Waals surface area contributed by atoms with Gasteiger partial charge in [0.1, 0.15) is 18.3 Å². The first kappa shape index (κ1) is 35.4. The van der Waals surface area contributed by atoms with Crippen molar-refractivity contribution in [2.24, 2.45) is 0 Å². The summed E-state index contributed by atoms with van der Waals surface area (Å²) in [5, 5.41) is 8.50. The third-order valence-corrected chi connectivity index (χ3v) is 16.0. The Morgan fingerprint density at radius 2 is 1.55 bits per heavy atom. The van der Waals surface area contributed by atoms with Gasteiger partial charge in [-0.1, -0.05) is 75.4 Å². The monoisotopic (exact) mass is 705 g/mol. The average molecular weight is 706 g/mol. The third kappa shape index (κ3) is 7.92. The Morgan fingerprint density at radius 1 is 0.863 bits per heavy atom. The molecule has 4 aromatic carbocycles. The van der Waals surface area contributed by atoms with Crippen LogP contribution in [-0.4, -0.2) is 62.7 Å². The second kappa shape index (κ2) is 14.2. The van der Waals surface area contributed by atoms with Gasteiger partial charge < -0.3 is 19.2 Å². The van der Waals surface area contributed by atoms with Crippen LogP contribution < -0.4 is 10.6 Å². The molecule has 51 heavy (non-hydrogen) atoms. The molecule has 3 aliphatic rings. The molecule has 0 unspecified atom stereocenters. The zero-order chi connectivity index (χ0) is 35.9. The van der Waals surface area contributed by atoms with Crippen LogP contribution in [0, 0.1) is 0 Å². The molecule has 0 radical (unpaired) electrons. The molecule has 268 valence electrons. The molecule has 3 aliphatic heterocycles. The Hall–Kier alpha value is -4.02. The Bertz CT molecular complexity index is 1890. The molecule has 0 aromatic heterocycles. The molecule has 4 aromatic rings. The van der Waals surface area contributed by atoms with Gasteiger partial charge in [-0.25, -0.2) is 4.79 Å². The number of piperidine rings is 1. The van der Waals surface area contributed by atoms with Gasteiger partial charge in [0.25, 0.3) is 0 Å². The summed E-state index contributed by atoms with van der Waals surface area (Å²) < 4.78 is 18.2. The number of hydrogen-bond donors (Lipinski definition) is 2. The van der Waals surface area contributed by atoms with Gasteiger partial charge >= 0.3 is 6.09 Å². The van der Waals surface area contributed by atoms with Crippen molar-refractivity contribution < 1.29 is 23.5 Å². The minimum Gasteiger partial charge on any atom is -0.446 e. The number of nitrogens with zero attached hydrogens (tertiary/aromatic N) is 1. The standard InChI is InChI=1S/C42H51N3O5Si/c1-42(2,3)51(5,6)48-26-28-15-17-31-23-32(19-18-30(31)21-28)43-38(46)14-10-11-27-16-20-35(34(22-27)29-12-8-7-9-13-29)44-41(47)49-33-24-36-39-40(50-39)37(25-33)45(36)4/h7-9,12-13,15-23,33,36-37,39-40H,10-11,14,24-26H2,1-6H3,(H,43,46)(H,44,47)/t33-,36-,37+,39-,40+. The molecule has 0 aliphatic carbocycles. The maximum absolute atomic E-state index is 13.1. The van der Waals surface area contributed by atoms with Crippen molar-refractivity contribution in [3.05, 3.63) is 96.1 Å². The summed E-state index contributed by atoms with van der Waals surface area (Å²) in [6, 6.07) is 29.2. The van der Waals surface area contributed by atoms with E-state index in [2.05, 4.69) is 86.8 Å². The molecule has 5 atom stereocenters. The highest BCUT2D eigenvalue weighted by molar-refractivity contribution is 6.74. The second-order valence-corrected chi connectivity index (χ2v) is 20.9. The zero-order valence-electron chi connectivity index (χ0n) is 30.7. The van der Waals surface area contributed by atoms with Gasteiger partial charge in [-0.15, -0.1) is 0 Å². The number of ether oxygens (including phenoxy) is 2. The second-order valence-electron chi connectivity index (χ2n) is 16.1. The van der Waals surface area contributed by atoms with Crippen LogP contribution in [0.5, 0.6) is 0 Å². The number of nitrogens with one attached hydrogen (secondary N) is 2. The van der Waals surface area contributed by atoms with Crippen molar-refractivity contribution in [1.82, 2.24) is 4.90 Å². The van der Waals surface area contributed by atoms with E-state index in [4.69, 9.17) is 13.9 Å². The van der Waals surface area contributed by atoms with E-state index >= 15 is 0 Å². The molecule has 3 fully saturated rings. The summed E-state index contributed by atoms with van der Waals surface area (Å²) in [6.07, 6.45) is 3.49. The molecule has 2 amide bonds. The number of morpholine rings is 1. The van der Waals surface area contributed by atoms with Crippen LogP contribution in [0.1, 0.15) is 57.6 Å². The summed E-state index contributed by atoms with van der Waals surface area (Å²) in [7, 11) is 0.322. The largest absolute Gasteiger partial charge is 0.446 e. The first-order valence-electron chi connectivity index (χ1n) is 18.3. The molecule has 2 bridgehead atoms. The fourth-order valence-electron chi connectivity index (χ4n) is 7.42. The summed E-state index contributed by atoms with van der Waals surface area (Å²) in [5.74, 6) is -0.00994. The molecule has 0 spiro atoms. The molecule has 3 heterocycles. The molecule has 2 N–H and O–H groups in total. The number of hydrogen-bond acceptors (Lipinski definition) is 6. The number of amides is 2. The Balaban J connectivity index is 0.929. The highest BCUT2D eigenvalue weighted by atomic mass is 28.4. The minimum atomic E-state index is -1.83. The van der Waals surface area contributed by atoms with Crippen LogP contribution in [0.15, 0.2) is 84.9 Å². The van der Waals surface area contributed by atoms with Gasteiger partial charge in [-0.05, 0) is 95.8 Å². The SMILES string of the molecule is CN1[C@@H]2C[C@@H](OC(=O)Nc3ccc(CCCC(=O)Nc4ccc5cc(CO[Si](C)(C)C(C)(C)C)ccc5c4)cc3-c3ccccc3)C[C@H]1[C@@H]1O[C@@H]12. The maximum atomic E-state index is 13.1. The van der Waals surface area contributed by atoms with Crippen molar-refractivity contribution in [1.29, 1.82) is 0 Å². The van der Waals surface area contributed by atoms with E-state index in [9.17, 15) is 9.59 Å². The summed E-state index contributed by atoms with van der Waals surface area (Å²) in [5.41, 5.74) is 5.71. The topological polar surface area (TPSA) is 92.4 Å². The highest BCUT2D eigenvalue weighted by Gasteiger charge is 2.62. The fraction of sp³-hybridized carbons (Fsp3) is 0.429. The normalized spacial score (nSPS) is 22.7. The van der Waals surface area contributed by atoms with Crippen LogP contribution in [0.2, 0.25) is 18.1 Å². The number of carbonyl (C=O) groups excluding carboxylic acids is 2. The van der Waals surface area contributed by atoms with Gasteiger partial charge in [0, 0.05) is 42.6 Å². The van der Waals surface area contributed by atoms with Crippen molar-refractivity contribution >= 4 is 42.5 Å². The van der Waals surface area contributed by atoms with E-state index in [1.165, 1.54) is 0 Å². The molecular weight excluding hydrogens is 655 g/mol. The van der Waals surface area contributed by atoms with Crippen LogP contribution >= 0.6 is 0 Å². The van der Waals surface area contributed by atoms with Crippen molar-refractivity contribution in [3.8, 4) is 11.1 Å². The number of aryl methyl sites for hydroxylation is 1. The molecule has 7 rings (SSSR count). The van der Waals surface area contributed by atoms with E-state index in [1.807, 2.05) is 54.6 Å². The number of fused-ring (bicyclic) bond motifs is 6. The summed E-state index contributed by atoms with van der Waals surface area (Å²) >= 11 is 0. The first-order chi connectivity index (χ1) is 24.3. The van der Waals surface area contributed by atoms with E-state index in [-0.39, 0.29) is 17.0 Å². The maximum Gasteiger partial charge on any atom is 0.411 e. The zero-order valence-corrected chi connectivity index (χ0v) is 31.7. The van der Waals surface area contributed by atoms with E-state index in [0.717, 1.165) is 58.0 Å². The molecule has 0 saturated carbocycles. The summed E-state index contributed by atoms with van der Waals surface area (Å²) in [4.78, 5) is 28.5. The quantitative estimate of drug-likeness (QED) is 0.120. The van der Waals surface area contributed by atoms with Gasteiger partial charge in [-0.2, -0.15) is 0 Å². The number of carbonyl (C=O) groups is 2. The van der Waals surface area contributed by atoms with E-state index < -0.39 is 14.4 Å². The Morgan fingerprint density at radius 3 is 2.27 bits per heavy atom. The molecular formula is C42H51N3O5Si. The van der Waals surface area contributed by atoms with Gasteiger partial charge in [0.2, 0.25) is 5.91 Å². The van der Waals surface area contributed by atoms with Crippen molar-refractivity contribution in [3.63, 3.8) is 0 Å². The number of rotatable bonds is 11. The number of benzene rings is 4. The first-order valence-corrected chi connectivity index (χ1v) is 21.3. The van der Waals surface area contributed by atoms with Crippen molar-refractivity contribution in [2.75, 3.05) is 17.7 Å². The highest BCUT2D eigenvalue weighted by Crippen LogP contribution is 2.48. The fourth-order valence-corrected chi connectivity index (χ4v) is 8.38. The van der Waals surface area contributed by atoms with Crippen LogP contribution in [0.3, 0.4) is 0 Å². The molecule has 9 heteroatoms. The van der Waals surface area contributed by atoms with Crippen molar-refractivity contribution in [2.45, 2.75) is 108 Å². The van der Waals surface area contributed by atoms with Gasteiger partial charge in [0.05, 0.1) is 12.3 Å². The smallest absolute Gasteiger partial charge is 0.411 e. The third-order valence-electron chi connectivity index (χ3n) is 11.5. The average Bonchev–Trinajstić information content (AvgIpc) is 3.86. The predicted molar refractivity (Wildman–Crippen MR) is 207 cm³/mol.